The highest BCUT2D eigenvalue weighted by Crippen LogP contribution is 2.18. The van der Waals surface area contributed by atoms with Crippen LogP contribution in [0.4, 0.5) is 0 Å². The van der Waals surface area contributed by atoms with Crippen molar-refractivity contribution in [1.82, 2.24) is 0 Å². The predicted molar refractivity (Wildman–Crippen MR) is 114 cm³/mol. The van der Waals surface area contributed by atoms with Crippen molar-refractivity contribution in [3.05, 3.63) is 0 Å². The molecule has 0 radical (unpaired) electrons. The Kier molecular flexibility index (Phi) is 25.7. The Hall–Kier alpha value is 0.250. The van der Waals surface area contributed by atoms with Gasteiger partial charge in [0.05, 0.1) is 0 Å². The van der Waals surface area contributed by atoms with Crippen LogP contribution in [-0.2, 0) is 0 Å². The minimum Gasteiger partial charge on any atom is -0.330 e. The molecular formula is C22H48ClN. The second kappa shape index (κ2) is 23.2. The van der Waals surface area contributed by atoms with Crippen molar-refractivity contribution in [3.63, 3.8) is 0 Å². The molecule has 0 aromatic rings. The summed E-state index contributed by atoms with van der Waals surface area (Å²) in [5.41, 5.74) is 5.96. The highest BCUT2D eigenvalue weighted by Gasteiger charge is 2.06. The van der Waals surface area contributed by atoms with Crippen LogP contribution in [0, 0.1) is 5.92 Å². The van der Waals surface area contributed by atoms with Gasteiger partial charge in [0.25, 0.3) is 0 Å². The lowest BCUT2D eigenvalue weighted by Gasteiger charge is -2.14. The molecule has 0 unspecified atom stereocenters. The van der Waals surface area contributed by atoms with Gasteiger partial charge >= 0.3 is 0 Å². The first-order chi connectivity index (χ1) is 11.3. The number of nitrogens with two attached hydrogens (primary N) is 1. The van der Waals surface area contributed by atoms with Gasteiger partial charge in [0.1, 0.15) is 0 Å². The van der Waals surface area contributed by atoms with Crippen LogP contribution in [0.1, 0.15) is 129 Å². The van der Waals surface area contributed by atoms with E-state index in [4.69, 9.17) is 5.73 Å². The van der Waals surface area contributed by atoms with E-state index in [-0.39, 0.29) is 12.4 Å². The van der Waals surface area contributed by atoms with Crippen LogP contribution in [0.3, 0.4) is 0 Å². The van der Waals surface area contributed by atoms with Gasteiger partial charge in [-0.25, -0.2) is 0 Å². The van der Waals surface area contributed by atoms with Gasteiger partial charge in [-0.1, -0.05) is 117 Å². The predicted octanol–water partition coefficient (Wildman–Crippen LogP) is 8.04. The van der Waals surface area contributed by atoms with Crippen LogP contribution in [-0.4, -0.2) is 6.54 Å². The van der Waals surface area contributed by atoms with Crippen molar-refractivity contribution in [2.45, 2.75) is 129 Å². The molecule has 24 heavy (non-hydrogen) atoms. The molecule has 0 aliphatic rings. The average molecular weight is 362 g/mol. The molecule has 0 heterocycles. The van der Waals surface area contributed by atoms with E-state index >= 15 is 0 Å². The average Bonchev–Trinajstić information content (AvgIpc) is 2.57. The van der Waals surface area contributed by atoms with Gasteiger partial charge in [0.15, 0.2) is 0 Å². The van der Waals surface area contributed by atoms with Crippen LogP contribution in [0.2, 0.25) is 0 Å². The molecule has 0 aliphatic heterocycles. The monoisotopic (exact) mass is 361 g/mol. The molecule has 0 amide bonds. The standard InChI is InChI=1S/C22H47N.ClH/c1-3-5-7-9-11-13-15-17-19-22(21-23)20-18-16-14-12-10-8-6-4-2;/h22H,3-21,23H2,1-2H3;1H. The molecule has 0 aromatic carbocycles. The van der Waals surface area contributed by atoms with Crippen molar-refractivity contribution in [2.75, 3.05) is 6.54 Å². The molecule has 2 N–H and O–H groups in total. The highest BCUT2D eigenvalue weighted by atomic mass is 35.5. The van der Waals surface area contributed by atoms with E-state index in [1.54, 1.807) is 0 Å². The third-order valence-electron chi connectivity index (χ3n) is 5.27. The summed E-state index contributed by atoms with van der Waals surface area (Å²) in [6.45, 7) is 5.49. The Bertz CT molecular complexity index is 188. The molecule has 0 aliphatic carbocycles. The van der Waals surface area contributed by atoms with Gasteiger partial charge < -0.3 is 5.73 Å². The first-order valence-electron chi connectivity index (χ1n) is 11.0. The van der Waals surface area contributed by atoms with Crippen molar-refractivity contribution < 1.29 is 0 Å². The number of unbranched alkanes of at least 4 members (excludes halogenated alkanes) is 14. The molecule has 0 rings (SSSR count). The lowest BCUT2D eigenvalue weighted by Crippen LogP contribution is -2.14. The smallest absolute Gasteiger partial charge is 0.00489 e. The molecular weight excluding hydrogens is 314 g/mol. The Morgan fingerprint density at radius 1 is 0.500 bits per heavy atom. The van der Waals surface area contributed by atoms with Crippen LogP contribution < -0.4 is 5.73 Å². The van der Waals surface area contributed by atoms with E-state index in [0.29, 0.717) is 0 Å². The zero-order valence-corrected chi connectivity index (χ0v) is 17.8. The molecule has 1 nitrogen and oxygen atoms in total. The fourth-order valence-corrected chi connectivity index (χ4v) is 3.51. The van der Waals surface area contributed by atoms with Crippen LogP contribution in [0.15, 0.2) is 0 Å². The van der Waals surface area contributed by atoms with Gasteiger partial charge in [-0.05, 0) is 25.3 Å². The summed E-state index contributed by atoms with van der Waals surface area (Å²) in [6.07, 6.45) is 25.6. The summed E-state index contributed by atoms with van der Waals surface area (Å²) in [4.78, 5) is 0. The van der Waals surface area contributed by atoms with Crippen molar-refractivity contribution in [2.24, 2.45) is 11.7 Å². The van der Waals surface area contributed by atoms with Crippen LogP contribution in [0.5, 0.6) is 0 Å². The Labute approximate surface area is 160 Å². The minimum atomic E-state index is 0. The molecule has 0 fully saturated rings. The number of hydrogen-bond acceptors (Lipinski definition) is 1. The Balaban J connectivity index is 0. The molecule has 0 spiro atoms. The van der Waals surface area contributed by atoms with Crippen molar-refractivity contribution in [3.8, 4) is 0 Å². The summed E-state index contributed by atoms with van der Waals surface area (Å²) in [6, 6.07) is 0. The van der Waals surface area contributed by atoms with Crippen LogP contribution in [0.25, 0.3) is 0 Å². The molecule has 0 saturated heterocycles. The minimum absolute atomic E-state index is 0. The quantitative estimate of drug-likeness (QED) is 0.231. The number of rotatable bonds is 19. The fraction of sp³-hybridized carbons (Fsp3) is 1.00. The number of halogens is 1. The number of hydrogen-bond donors (Lipinski definition) is 1. The van der Waals surface area contributed by atoms with Gasteiger partial charge in [-0.3, -0.25) is 0 Å². The first kappa shape index (κ1) is 26.5. The van der Waals surface area contributed by atoms with Gasteiger partial charge in [-0.15, -0.1) is 12.4 Å². The Morgan fingerprint density at radius 2 is 0.792 bits per heavy atom. The SMILES string of the molecule is CCCCCCCCCCC(CN)CCCCCCCCCC.Cl. The lowest BCUT2D eigenvalue weighted by atomic mass is 9.94. The largest absolute Gasteiger partial charge is 0.330 e. The summed E-state index contributed by atoms with van der Waals surface area (Å²) < 4.78 is 0. The maximum absolute atomic E-state index is 5.96. The highest BCUT2D eigenvalue weighted by molar-refractivity contribution is 5.85. The van der Waals surface area contributed by atoms with Crippen LogP contribution >= 0.6 is 12.4 Å². The zero-order chi connectivity index (χ0) is 17.0. The van der Waals surface area contributed by atoms with Crippen molar-refractivity contribution >= 4 is 12.4 Å². The van der Waals surface area contributed by atoms with Crippen molar-refractivity contribution in [1.29, 1.82) is 0 Å². The lowest BCUT2D eigenvalue weighted by molar-refractivity contribution is 0.409. The molecule has 0 bridgehead atoms. The maximum Gasteiger partial charge on any atom is -0.00489 e. The molecule has 2 heteroatoms. The van der Waals surface area contributed by atoms with E-state index in [1.807, 2.05) is 0 Å². The Morgan fingerprint density at radius 3 is 1.08 bits per heavy atom. The molecule has 0 atom stereocenters. The zero-order valence-electron chi connectivity index (χ0n) is 17.0. The topological polar surface area (TPSA) is 26.0 Å². The molecule has 0 saturated carbocycles. The third-order valence-corrected chi connectivity index (χ3v) is 5.27. The second-order valence-corrected chi connectivity index (χ2v) is 7.63. The third kappa shape index (κ3) is 20.3. The summed E-state index contributed by atoms with van der Waals surface area (Å²) in [5.74, 6) is 0.801. The molecule has 148 valence electrons. The van der Waals surface area contributed by atoms with E-state index in [1.165, 1.54) is 116 Å². The van der Waals surface area contributed by atoms with E-state index in [2.05, 4.69) is 13.8 Å². The fourth-order valence-electron chi connectivity index (χ4n) is 3.51. The van der Waals surface area contributed by atoms with Gasteiger partial charge in [0.2, 0.25) is 0 Å². The van der Waals surface area contributed by atoms with E-state index < -0.39 is 0 Å². The first-order valence-corrected chi connectivity index (χ1v) is 11.0. The maximum atomic E-state index is 5.96. The molecule has 0 aromatic heterocycles. The normalized spacial score (nSPS) is 11.0. The van der Waals surface area contributed by atoms with Gasteiger partial charge in [-0.2, -0.15) is 0 Å². The summed E-state index contributed by atoms with van der Waals surface area (Å²) in [7, 11) is 0. The van der Waals surface area contributed by atoms with E-state index in [9.17, 15) is 0 Å². The summed E-state index contributed by atoms with van der Waals surface area (Å²) in [5, 5.41) is 0. The van der Waals surface area contributed by atoms with Gasteiger partial charge in [0, 0.05) is 0 Å². The van der Waals surface area contributed by atoms with E-state index in [0.717, 1.165) is 12.5 Å². The summed E-state index contributed by atoms with van der Waals surface area (Å²) >= 11 is 0. The second-order valence-electron chi connectivity index (χ2n) is 7.63.